The monoisotopic (exact) mass is 325 g/mol. The van der Waals surface area contributed by atoms with Gasteiger partial charge in [-0.2, -0.15) is 5.26 Å². The number of benzene rings is 3. The van der Waals surface area contributed by atoms with Crippen LogP contribution in [0.1, 0.15) is 17.3 Å². The van der Waals surface area contributed by atoms with Gasteiger partial charge >= 0.3 is 0 Å². The maximum atomic E-state index is 12.8. The summed E-state index contributed by atoms with van der Waals surface area (Å²) in [4.78, 5) is 20.3. The molecule has 4 aromatic rings. The number of carbonyl (C=O) groups excluding carboxylic acids is 1. The number of H-pyrrole nitrogens is 1. The molecule has 0 saturated heterocycles. The topological polar surface area (TPSA) is 69.5 Å². The summed E-state index contributed by atoms with van der Waals surface area (Å²) in [6.45, 7) is 0. The summed E-state index contributed by atoms with van der Waals surface area (Å²) in [5, 5.41) is 11.7. The summed E-state index contributed by atoms with van der Waals surface area (Å²) in [6.07, 6.45) is 0.205. The van der Waals surface area contributed by atoms with E-state index in [-0.39, 0.29) is 12.2 Å². The first-order valence-corrected chi connectivity index (χ1v) is 8.10. The van der Waals surface area contributed by atoms with Crippen molar-refractivity contribution in [1.29, 1.82) is 5.26 Å². The van der Waals surface area contributed by atoms with Gasteiger partial charge in [0.2, 0.25) is 0 Å². The number of fused-ring (bicyclic) bond motifs is 2. The van der Waals surface area contributed by atoms with Crippen LogP contribution in [0.5, 0.6) is 0 Å². The number of aromatic amines is 1. The minimum Gasteiger partial charge on any atom is -0.340 e. The predicted octanol–water partition coefficient (Wildman–Crippen LogP) is 4.14. The van der Waals surface area contributed by atoms with Crippen LogP contribution in [0.4, 0.5) is 0 Å². The molecule has 4 nitrogen and oxygen atoms in total. The number of imidazole rings is 1. The Kier molecular flexibility index (Phi) is 3.75. The number of para-hydroxylation sites is 2. The van der Waals surface area contributed by atoms with Gasteiger partial charge in [0.25, 0.3) is 0 Å². The highest BCUT2D eigenvalue weighted by molar-refractivity contribution is 5.95. The van der Waals surface area contributed by atoms with Crippen LogP contribution in [0.15, 0.2) is 66.7 Å². The van der Waals surface area contributed by atoms with Crippen LogP contribution < -0.4 is 0 Å². The zero-order valence-electron chi connectivity index (χ0n) is 13.4. The first-order valence-electron chi connectivity index (χ1n) is 8.10. The van der Waals surface area contributed by atoms with Gasteiger partial charge in [-0.05, 0) is 28.5 Å². The second kappa shape index (κ2) is 6.21. The normalized spacial score (nSPS) is 12.1. The van der Waals surface area contributed by atoms with E-state index in [9.17, 15) is 10.1 Å². The number of carbonyl (C=O) groups is 1. The van der Waals surface area contributed by atoms with E-state index in [1.54, 1.807) is 0 Å². The highest BCUT2D eigenvalue weighted by atomic mass is 16.1. The molecule has 0 bridgehead atoms. The Morgan fingerprint density at radius 3 is 2.64 bits per heavy atom. The fraction of sp³-hybridized carbons (Fsp3) is 0.0952. The van der Waals surface area contributed by atoms with Crippen LogP contribution in [-0.4, -0.2) is 15.8 Å². The number of hydrogen-bond acceptors (Lipinski definition) is 3. The van der Waals surface area contributed by atoms with Crippen LogP contribution >= 0.6 is 0 Å². The maximum Gasteiger partial charge on any atom is 0.162 e. The third-order valence-electron chi connectivity index (χ3n) is 4.38. The van der Waals surface area contributed by atoms with Gasteiger partial charge < -0.3 is 4.98 Å². The Labute approximate surface area is 144 Å². The molecule has 1 heterocycles. The van der Waals surface area contributed by atoms with Crippen molar-refractivity contribution in [3.05, 3.63) is 78.1 Å². The molecule has 0 amide bonds. The summed E-state index contributed by atoms with van der Waals surface area (Å²) < 4.78 is 0. The van der Waals surface area contributed by atoms with Gasteiger partial charge in [-0.15, -0.1) is 0 Å². The first-order chi connectivity index (χ1) is 12.3. The number of nitrogens with zero attached hydrogens (tertiary/aromatic N) is 2. The molecule has 25 heavy (non-hydrogen) atoms. The summed E-state index contributed by atoms with van der Waals surface area (Å²) in [5.74, 6) is -0.641. The van der Waals surface area contributed by atoms with Gasteiger partial charge in [0.1, 0.15) is 5.82 Å². The molecule has 120 valence electrons. The number of Topliss-reactive ketones (excluding diaryl/α,β-unsaturated/α-hetero) is 1. The highest BCUT2D eigenvalue weighted by Gasteiger charge is 2.24. The Balaban J connectivity index is 1.67. The molecule has 1 N–H and O–H groups in total. The Morgan fingerprint density at radius 2 is 1.80 bits per heavy atom. The smallest absolute Gasteiger partial charge is 0.162 e. The number of nitriles is 1. The Morgan fingerprint density at radius 1 is 1.04 bits per heavy atom. The zero-order chi connectivity index (χ0) is 17.2. The van der Waals surface area contributed by atoms with Gasteiger partial charge in [-0.25, -0.2) is 4.98 Å². The second-order valence-corrected chi connectivity index (χ2v) is 5.98. The van der Waals surface area contributed by atoms with Crippen LogP contribution in [0.25, 0.3) is 21.8 Å². The predicted molar refractivity (Wildman–Crippen MR) is 97.1 cm³/mol. The van der Waals surface area contributed by atoms with Crippen molar-refractivity contribution in [2.24, 2.45) is 0 Å². The van der Waals surface area contributed by atoms with Gasteiger partial charge in [-0.1, -0.05) is 54.6 Å². The average molecular weight is 325 g/mol. The molecule has 0 unspecified atom stereocenters. The van der Waals surface area contributed by atoms with Crippen molar-refractivity contribution in [1.82, 2.24) is 9.97 Å². The Bertz CT molecular complexity index is 1080. The maximum absolute atomic E-state index is 12.8. The number of hydrogen-bond donors (Lipinski definition) is 1. The van der Waals surface area contributed by atoms with Gasteiger partial charge in [0.05, 0.1) is 17.1 Å². The fourth-order valence-electron chi connectivity index (χ4n) is 3.13. The van der Waals surface area contributed by atoms with E-state index in [1.165, 1.54) is 0 Å². The molecule has 3 aromatic carbocycles. The lowest BCUT2D eigenvalue weighted by molar-refractivity contribution is -0.118. The van der Waals surface area contributed by atoms with E-state index in [2.05, 4.69) is 16.0 Å². The summed E-state index contributed by atoms with van der Waals surface area (Å²) in [7, 11) is 0. The summed E-state index contributed by atoms with van der Waals surface area (Å²) in [5.41, 5.74) is 2.52. The molecule has 0 aliphatic rings. The molecule has 0 fully saturated rings. The minimum absolute atomic E-state index is 0.155. The molecule has 0 saturated carbocycles. The quantitative estimate of drug-likeness (QED) is 0.613. The lowest BCUT2D eigenvalue weighted by Crippen LogP contribution is -2.15. The van der Waals surface area contributed by atoms with Gasteiger partial charge in [-0.3, -0.25) is 4.79 Å². The third kappa shape index (κ3) is 2.77. The lowest BCUT2D eigenvalue weighted by atomic mass is 9.95. The van der Waals surface area contributed by atoms with E-state index in [0.29, 0.717) is 5.82 Å². The Hall–Kier alpha value is -3.45. The first kappa shape index (κ1) is 15.1. The number of aromatic nitrogens is 2. The largest absolute Gasteiger partial charge is 0.340 e. The molecular weight excluding hydrogens is 310 g/mol. The van der Waals surface area contributed by atoms with E-state index in [0.717, 1.165) is 27.4 Å². The van der Waals surface area contributed by atoms with Crippen LogP contribution in [0, 0.1) is 11.3 Å². The summed E-state index contributed by atoms with van der Waals surface area (Å²) >= 11 is 0. The minimum atomic E-state index is -0.897. The average Bonchev–Trinajstić information content (AvgIpc) is 3.06. The molecule has 1 aromatic heterocycles. The van der Waals surface area contributed by atoms with Crippen molar-refractivity contribution in [3.8, 4) is 6.07 Å². The van der Waals surface area contributed by atoms with Crippen molar-refractivity contribution >= 4 is 27.6 Å². The third-order valence-corrected chi connectivity index (χ3v) is 4.38. The fourth-order valence-corrected chi connectivity index (χ4v) is 3.13. The second-order valence-electron chi connectivity index (χ2n) is 5.98. The molecule has 1 atom stereocenters. The SMILES string of the molecule is N#C[C@H](C(=O)Cc1cccc2ccccc12)c1nc2ccccc2[nH]1. The van der Waals surface area contributed by atoms with Gasteiger partial charge in [0.15, 0.2) is 11.7 Å². The highest BCUT2D eigenvalue weighted by Crippen LogP contribution is 2.23. The molecular formula is C21H15N3O. The standard InChI is InChI=1S/C21H15N3O/c22-13-17(21-23-18-10-3-4-11-19(18)24-21)20(25)12-15-8-5-7-14-6-1-2-9-16(14)15/h1-11,17H,12H2,(H,23,24)/t17-/m1/s1. The lowest BCUT2D eigenvalue weighted by Gasteiger charge is -2.08. The van der Waals surface area contributed by atoms with Crippen LogP contribution in [0.2, 0.25) is 0 Å². The van der Waals surface area contributed by atoms with Crippen LogP contribution in [-0.2, 0) is 11.2 Å². The number of rotatable bonds is 4. The van der Waals surface area contributed by atoms with E-state index in [1.807, 2.05) is 66.7 Å². The molecule has 0 radical (unpaired) electrons. The van der Waals surface area contributed by atoms with Crippen molar-refractivity contribution in [2.45, 2.75) is 12.3 Å². The van der Waals surface area contributed by atoms with Gasteiger partial charge in [0, 0.05) is 6.42 Å². The molecule has 4 heteroatoms. The van der Waals surface area contributed by atoms with E-state index in [4.69, 9.17) is 0 Å². The van der Waals surface area contributed by atoms with E-state index < -0.39 is 5.92 Å². The summed E-state index contributed by atoms with van der Waals surface area (Å²) in [6, 6.07) is 23.5. The molecule has 0 spiro atoms. The van der Waals surface area contributed by atoms with Crippen molar-refractivity contribution in [3.63, 3.8) is 0 Å². The number of ketones is 1. The molecule has 4 rings (SSSR count). The van der Waals surface area contributed by atoms with Crippen LogP contribution in [0.3, 0.4) is 0 Å². The molecule has 0 aliphatic heterocycles. The van der Waals surface area contributed by atoms with Crippen molar-refractivity contribution < 1.29 is 4.79 Å². The van der Waals surface area contributed by atoms with Crippen molar-refractivity contribution in [2.75, 3.05) is 0 Å². The zero-order valence-corrected chi connectivity index (χ0v) is 13.4. The van der Waals surface area contributed by atoms with E-state index >= 15 is 0 Å². The molecule has 0 aliphatic carbocycles. The number of nitrogens with one attached hydrogen (secondary N) is 1.